The summed E-state index contributed by atoms with van der Waals surface area (Å²) in [5, 5.41) is 3.22. The van der Waals surface area contributed by atoms with E-state index in [1.807, 2.05) is 19.2 Å². The molecule has 1 aliphatic rings. The number of fused-ring (bicyclic) bond motifs is 1. The summed E-state index contributed by atoms with van der Waals surface area (Å²) in [4.78, 5) is 0. The Morgan fingerprint density at radius 2 is 1.68 bits per heavy atom. The standard InChI is InChI=1S/C21H24F3N/c1-13-14(2)20-18(5-4-6-19(20)17(13)11-12-25-3)15-7-9-16(10-8-15)21(22,23)24/h4-10,13-14,17,25H,11-12H2,1-3H3/t13-,14?,17?/m1/s1. The third-order valence-electron chi connectivity index (χ3n) is 5.65. The Kier molecular flexibility index (Phi) is 4.92. The largest absolute Gasteiger partial charge is 0.416 e. The Labute approximate surface area is 147 Å². The van der Waals surface area contributed by atoms with E-state index in [0.29, 0.717) is 17.8 Å². The third kappa shape index (κ3) is 3.32. The third-order valence-corrected chi connectivity index (χ3v) is 5.65. The molecule has 0 spiro atoms. The van der Waals surface area contributed by atoms with Gasteiger partial charge in [-0.25, -0.2) is 0 Å². The van der Waals surface area contributed by atoms with Crippen LogP contribution in [0.4, 0.5) is 13.2 Å². The summed E-state index contributed by atoms with van der Waals surface area (Å²) in [5.41, 5.74) is 3.98. The van der Waals surface area contributed by atoms with Gasteiger partial charge in [0.05, 0.1) is 5.56 Å². The van der Waals surface area contributed by atoms with Gasteiger partial charge in [0.1, 0.15) is 0 Å². The molecule has 0 heterocycles. The maximum absolute atomic E-state index is 12.8. The van der Waals surface area contributed by atoms with Crippen LogP contribution < -0.4 is 5.32 Å². The molecule has 0 aliphatic heterocycles. The van der Waals surface area contributed by atoms with Crippen molar-refractivity contribution in [1.82, 2.24) is 5.32 Å². The van der Waals surface area contributed by atoms with Gasteiger partial charge in [0.15, 0.2) is 0 Å². The molecule has 0 bridgehead atoms. The van der Waals surface area contributed by atoms with E-state index < -0.39 is 11.7 Å². The van der Waals surface area contributed by atoms with Crippen LogP contribution in [0.2, 0.25) is 0 Å². The van der Waals surface area contributed by atoms with E-state index in [9.17, 15) is 13.2 Å². The summed E-state index contributed by atoms with van der Waals surface area (Å²) >= 11 is 0. The van der Waals surface area contributed by atoms with E-state index in [-0.39, 0.29) is 0 Å². The first-order chi connectivity index (χ1) is 11.8. The zero-order valence-corrected chi connectivity index (χ0v) is 14.8. The first kappa shape index (κ1) is 18.0. The van der Waals surface area contributed by atoms with Crippen molar-refractivity contribution in [3.63, 3.8) is 0 Å². The number of hydrogen-bond donors (Lipinski definition) is 1. The van der Waals surface area contributed by atoms with Crippen molar-refractivity contribution in [1.29, 1.82) is 0 Å². The van der Waals surface area contributed by atoms with Crippen molar-refractivity contribution in [3.8, 4) is 11.1 Å². The van der Waals surface area contributed by atoms with Crippen molar-refractivity contribution in [2.75, 3.05) is 13.6 Å². The van der Waals surface area contributed by atoms with E-state index in [4.69, 9.17) is 0 Å². The van der Waals surface area contributed by atoms with Gasteiger partial charge < -0.3 is 5.32 Å². The van der Waals surface area contributed by atoms with Crippen LogP contribution in [-0.4, -0.2) is 13.6 Å². The Balaban J connectivity index is 2.01. The number of hydrogen-bond acceptors (Lipinski definition) is 1. The molecule has 0 radical (unpaired) electrons. The number of alkyl halides is 3. The molecule has 3 atom stereocenters. The highest BCUT2D eigenvalue weighted by molar-refractivity contribution is 5.71. The maximum atomic E-state index is 12.8. The summed E-state index contributed by atoms with van der Waals surface area (Å²) in [7, 11) is 1.96. The minimum atomic E-state index is -4.29. The fraction of sp³-hybridized carbons (Fsp3) is 0.429. The van der Waals surface area contributed by atoms with Gasteiger partial charge in [-0.15, -0.1) is 0 Å². The van der Waals surface area contributed by atoms with Crippen LogP contribution in [0.25, 0.3) is 11.1 Å². The van der Waals surface area contributed by atoms with Crippen molar-refractivity contribution in [2.24, 2.45) is 5.92 Å². The number of benzene rings is 2. The zero-order valence-electron chi connectivity index (χ0n) is 14.8. The molecule has 25 heavy (non-hydrogen) atoms. The monoisotopic (exact) mass is 347 g/mol. The van der Waals surface area contributed by atoms with Crippen molar-refractivity contribution in [3.05, 3.63) is 59.2 Å². The number of rotatable bonds is 4. The second-order valence-corrected chi connectivity index (χ2v) is 7.03. The molecule has 2 aromatic carbocycles. The van der Waals surface area contributed by atoms with Crippen LogP contribution in [0.1, 0.15) is 48.8 Å². The molecular weight excluding hydrogens is 323 g/mol. The van der Waals surface area contributed by atoms with E-state index >= 15 is 0 Å². The van der Waals surface area contributed by atoms with Gasteiger partial charge in [0, 0.05) is 0 Å². The maximum Gasteiger partial charge on any atom is 0.416 e. The van der Waals surface area contributed by atoms with E-state index in [2.05, 4.69) is 25.2 Å². The Hall–Kier alpha value is -1.81. The average molecular weight is 347 g/mol. The normalized spacial score (nSPS) is 22.9. The highest BCUT2D eigenvalue weighted by Gasteiger charge is 2.36. The van der Waals surface area contributed by atoms with Gasteiger partial charge in [-0.1, -0.05) is 44.2 Å². The van der Waals surface area contributed by atoms with Crippen LogP contribution in [0.15, 0.2) is 42.5 Å². The minimum absolute atomic E-state index is 0.398. The molecule has 134 valence electrons. The van der Waals surface area contributed by atoms with Gasteiger partial charge in [-0.05, 0) is 72.2 Å². The van der Waals surface area contributed by atoms with Crippen LogP contribution in [0.5, 0.6) is 0 Å². The highest BCUT2D eigenvalue weighted by Crippen LogP contribution is 2.51. The van der Waals surface area contributed by atoms with Crippen LogP contribution in [-0.2, 0) is 6.18 Å². The molecule has 0 amide bonds. The van der Waals surface area contributed by atoms with Crippen molar-refractivity contribution < 1.29 is 13.2 Å². The van der Waals surface area contributed by atoms with Crippen molar-refractivity contribution >= 4 is 0 Å². The summed E-state index contributed by atoms with van der Waals surface area (Å²) < 4.78 is 38.5. The van der Waals surface area contributed by atoms with E-state index in [0.717, 1.165) is 24.1 Å². The first-order valence-corrected chi connectivity index (χ1v) is 8.79. The summed E-state index contributed by atoms with van der Waals surface area (Å²) in [6.07, 6.45) is -3.22. The fourth-order valence-electron chi connectivity index (χ4n) is 4.12. The molecule has 1 N–H and O–H groups in total. The van der Waals surface area contributed by atoms with Gasteiger partial charge in [-0.3, -0.25) is 0 Å². The second-order valence-electron chi connectivity index (χ2n) is 7.03. The van der Waals surface area contributed by atoms with Crippen LogP contribution >= 0.6 is 0 Å². The Morgan fingerprint density at radius 3 is 2.28 bits per heavy atom. The molecule has 1 aliphatic carbocycles. The molecule has 1 nitrogen and oxygen atoms in total. The SMILES string of the molecule is CNCCC1c2cccc(-c3ccc(C(F)(F)F)cc3)c2C(C)[C@H]1C. The lowest BCUT2D eigenvalue weighted by atomic mass is 9.87. The molecule has 4 heteroatoms. The molecule has 0 saturated carbocycles. The molecule has 3 rings (SSSR count). The van der Waals surface area contributed by atoms with Crippen molar-refractivity contribution in [2.45, 2.75) is 38.3 Å². The second kappa shape index (κ2) is 6.83. The molecule has 0 aromatic heterocycles. The van der Waals surface area contributed by atoms with Gasteiger partial charge in [-0.2, -0.15) is 13.2 Å². The topological polar surface area (TPSA) is 12.0 Å². The van der Waals surface area contributed by atoms with Gasteiger partial charge in [0.2, 0.25) is 0 Å². The lowest BCUT2D eigenvalue weighted by Gasteiger charge is -2.18. The highest BCUT2D eigenvalue weighted by atomic mass is 19.4. The predicted octanol–water partition coefficient (Wildman–Crippen LogP) is 5.82. The smallest absolute Gasteiger partial charge is 0.320 e. The van der Waals surface area contributed by atoms with Crippen LogP contribution in [0, 0.1) is 5.92 Å². The lowest BCUT2D eigenvalue weighted by Crippen LogP contribution is -2.15. The summed E-state index contributed by atoms with van der Waals surface area (Å²) in [6.45, 7) is 5.48. The average Bonchev–Trinajstić information content (AvgIpc) is 2.83. The minimum Gasteiger partial charge on any atom is -0.320 e. The molecule has 2 unspecified atom stereocenters. The molecule has 0 fully saturated rings. The lowest BCUT2D eigenvalue weighted by molar-refractivity contribution is -0.137. The predicted molar refractivity (Wildman–Crippen MR) is 95.7 cm³/mol. The van der Waals surface area contributed by atoms with Crippen LogP contribution in [0.3, 0.4) is 0 Å². The molecule has 0 saturated heterocycles. The van der Waals surface area contributed by atoms with E-state index in [1.54, 1.807) is 12.1 Å². The first-order valence-electron chi connectivity index (χ1n) is 8.79. The molecule has 2 aromatic rings. The fourth-order valence-corrected chi connectivity index (χ4v) is 4.12. The number of halogens is 3. The summed E-state index contributed by atoms with van der Waals surface area (Å²) in [5.74, 6) is 1.42. The summed E-state index contributed by atoms with van der Waals surface area (Å²) in [6, 6.07) is 11.8. The zero-order chi connectivity index (χ0) is 18.2. The Bertz CT molecular complexity index is 734. The molecular formula is C21H24F3N. The van der Waals surface area contributed by atoms with E-state index in [1.165, 1.54) is 23.3 Å². The Morgan fingerprint density at radius 1 is 1.00 bits per heavy atom. The van der Waals surface area contributed by atoms with Gasteiger partial charge >= 0.3 is 6.18 Å². The van der Waals surface area contributed by atoms with Gasteiger partial charge in [0.25, 0.3) is 0 Å². The quantitative estimate of drug-likeness (QED) is 0.735. The number of nitrogens with one attached hydrogen (secondary N) is 1.